The topological polar surface area (TPSA) is 79.0 Å². The molecule has 1 heterocycles. The molecule has 0 radical (unpaired) electrons. The number of nitrogens with zero attached hydrogens (tertiary/aromatic N) is 2. The van der Waals surface area contributed by atoms with Gasteiger partial charge in [0.05, 0.1) is 5.70 Å². The maximum atomic E-state index is 13.1. The van der Waals surface area contributed by atoms with Gasteiger partial charge in [-0.2, -0.15) is 0 Å². The summed E-state index contributed by atoms with van der Waals surface area (Å²) in [6.45, 7) is 14.0. The van der Waals surface area contributed by atoms with Crippen molar-refractivity contribution in [1.29, 1.82) is 0 Å². The normalized spacial score (nSPS) is 23.4. The highest BCUT2D eigenvalue weighted by atomic mass is 16.5. The maximum Gasteiger partial charge on any atom is 0.270 e. The van der Waals surface area contributed by atoms with E-state index in [-0.39, 0.29) is 35.6 Å². The standard InChI is InChI=1S/C22H35N3O4/c1-9-18(26)24(8)10-11-25-17-12-16(20(27)23-13(2)3)14(4)15(5)19(17)29-22(6,7)21(25)28/h12-15H,9-11H2,1-8H3,(H,23,27). The Labute approximate surface area is 174 Å². The summed E-state index contributed by atoms with van der Waals surface area (Å²) in [5.41, 5.74) is 0.279. The first-order chi connectivity index (χ1) is 13.4. The fourth-order valence-electron chi connectivity index (χ4n) is 3.67. The number of nitrogens with one attached hydrogen (secondary N) is 1. The van der Waals surface area contributed by atoms with Crippen LogP contribution in [0.5, 0.6) is 0 Å². The van der Waals surface area contributed by atoms with E-state index >= 15 is 0 Å². The lowest BCUT2D eigenvalue weighted by atomic mass is 9.80. The minimum absolute atomic E-state index is 0.0225. The molecule has 2 atom stereocenters. The van der Waals surface area contributed by atoms with Crippen LogP contribution in [-0.2, 0) is 19.1 Å². The molecule has 7 nitrogen and oxygen atoms in total. The Balaban J connectivity index is 2.43. The van der Waals surface area contributed by atoms with Gasteiger partial charge in [0, 0.05) is 44.1 Å². The predicted octanol–water partition coefficient (Wildman–Crippen LogP) is 2.44. The van der Waals surface area contributed by atoms with Gasteiger partial charge in [0.25, 0.3) is 5.91 Å². The molecule has 0 fully saturated rings. The molecular formula is C22H35N3O4. The predicted molar refractivity (Wildman–Crippen MR) is 112 cm³/mol. The third-order valence-electron chi connectivity index (χ3n) is 5.68. The average molecular weight is 406 g/mol. The second-order valence-corrected chi connectivity index (χ2v) is 8.79. The van der Waals surface area contributed by atoms with Crippen LogP contribution in [0.15, 0.2) is 23.1 Å². The number of carbonyl (C=O) groups is 3. The van der Waals surface area contributed by atoms with Gasteiger partial charge in [-0.25, -0.2) is 0 Å². The lowest BCUT2D eigenvalue weighted by Gasteiger charge is -2.44. The summed E-state index contributed by atoms with van der Waals surface area (Å²) in [7, 11) is 1.74. The molecule has 3 amide bonds. The summed E-state index contributed by atoms with van der Waals surface area (Å²) >= 11 is 0. The molecule has 0 bridgehead atoms. The smallest absolute Gasteiger partial charge is 0.270 e. The Morgan fingerprint density at radius 3 is 2.45 bits per heavy atom. The van der Waals surface area contributed by atoms with E-state index in [0.29, 0.717) is 30.8 Å². The number of carbonyl (C=O) groups excluding carboxylic acids is 3. The molecule has 2 rings (SSSR count). The largest absolute Gasteiger partial charge is 0.480 e. The number of likely N-dealkylation sites (N-methyl/N-ethyl adjacent to an activating group) is 1. The zero-order valence-electron chi connectivity index (χ0n) is 19.0. The van der Waals surface area contributed by atoms with Crippen molar-refractivity contribution in [2.75, 3.05) is 20.1 Å². The molecular weight excluding hydrogens is 370 g/mol. The molecule has 0 saturated carbocycles. The van der Waals surface area contributed by atoms with Gasteiger partial charge in [-0.15, -0.1) is 0 Å². The number of hydrogen-bond acceptors (Lipinski definition) is 4. The molecule has 1 aliphatic carbocycles. The van der Waals surface area contributed by atoms with E-state index in [1.807, 2.05) is 34.6 Å². The van der Waals surface area contributed by atoms with Crippen molar-refractivity contribution in [1.82, 2.24) is 15.1 Å². The Kier molecular flexibility index (Phi) is 6.81. The SMILES string of the molecule is CCC(=O)N(C)CCN1C(=O)C(C)(C)OC2=C1C=C(C(=O)NC(C)C)C(C)C2C. The van der Waals surface area contributed by atoms with Crippen LogP contribution in [0, 0.1) is 11.8 Å². The molecule has 1 aliphatic heterocycles. The number of rotatable bonds is 6. The highest BCUT2D eigenvalue weighted by molar-refractivity contribution is 5.96. The zero-order valence-corrected chi connectivity index (χ0v) is 19.0. The summed E-state index contributed by atoms with van der Waals surface area (Å²) < 4.78 is 6.12. The van der Waals surface area contributed by atoms with Crippen LogP contribution in [-0.4, -0.2) is 59.3 Å². The lowest BCUT2D eigenvalue weighted by Crippen LogP contribution is -2.54. The van der Waals surface area contributed by atoms with Crippen molar-refractivity contribution in [2.24, 2.45) is 11.8 Å². The van der Waals surface area contributed by atoms with Gasteiger partial charge in [-0.05, 0) is 39.7 Å². The van der Waals surface area contributed by atoms with Gasteiger partial charge in [0.2, 0.25) is 11.8 Å². The van der Waals surface area contributed by atoms with Gasteiger partial charge in [0.15, 0.2) is 5.60 Å². The van der Waals surface area contributed by atoms with Crippen molar-refractivity contribution in [2.45, 2.75) is 66.5 Å². The summed E-state index contributed by atoms with van der Waals surface area (Å²) in [6.07, 6.45) is 2.20. The van der Waals surface area contributed by atoms with Crippen LogP contribution in [0.3, 0.4) is 0 Å². The minimum atomic E-state index is -0.994. The first-order valence-corrected chi connectivity index (χ1v) is 10.4. The molecule has 0 spiro atoms. The summed E-state index contributed by atoms with van der Waals surface area (Å²) in [5.74, 6) is 0.372. The van der Waals surface area contributed by atoms with Crippen molar-refractivity contribution < 1.29 is 19.1 Å². The fourth-order valence-corrected chi connectivity index (χ4v) is 3.67. The number of allylic oxidation sites excluding steroid dienone is 2. The van der Waals surface area contributed by atoms with E-state index < -0.39 is 5.60 Å². The number of hydrogen-bond donors (Lipinski definition) is 1. The molecule has 0 aromatic carbocycles. The summed E-state index contributed by atoms with van der Waals surface area (Å²) in [6, 6.07) is 0.0225. The average Bonchev–Trinajstić information content (AvgIpc) is 2.64. The van der Waals surface area contributed by atoms with Crippen LogP contribution < -0.4 is 5.32 Å². The third kappa shape index (κ3) is 4.65. The van der Waals surface area contributed by atoms with Crippen LogP contribution >= 0.6 is 0 Å². The molecule has 2 unspecified atom stereocenters. The Morgan fingerprint density at radius 2 is 1.90 bits per heavy atom. The minimum Gasteiger partial charge on any atom is -0.480 e. The molecule has 29 heavy (non-hydrogen) atoms. The van der Waals surface area contributed by atoms with Gasteiger partial charge in [0.1, 0.15) is 5.76 Å². The van der Waals surface area contributed by atoms with Crippen LogP contribution in [0.1, 0.15) is 54.9 Å². The highest BCUT2D eigenvalue weighted by Gasteiger charge is 2.46. The van der Waals surface area contributed by atoms with E-state index in [2.05, 4.69) is 5.32 Å². The molecule has 0 saturated heterocycles. The van der Waals surface area contributed by atoms with E-state index in [1.54, 1.807) is 36.8 Å². The van der Waals surface area contributed by atoms with Crippen molar-refractivity contribution in [3.63, 3.8) is 0 Å². The lowest BCUT2D eigenvalue weighted by molar-refractivity contribution is -0.154. The fraction of sp³-hybridized carbons (Fsp3) is 0.682. The van der Waals surface area contributed by atoms with Gasteiger partial charge < -0.3 is 19.9 Å². The first kappa shape index (κ1) is 23.0. The molecule has 7 heteroatoms. The van der Waals surface area contributed by atoms with Crippen LogP contribution in [0.25, 0.3) is 0 Å². The number of amides is 3. The monoisotopic (exact) mass is 405 g/mol. The van der Waals surface area contributed by atoms with Gasteiger partial charge in [-0.3, -0.25) is 14.4 Å². The van der Waals surface area contributed by atoms with Crippen LogP contribution in [0.2, 0.25) is 0 Å². The van der Waals surface area contributed by atoms with Crippen molar-refractivity contribution >= 4 is 17.7 Å². The molecule has 2 aliphatic rings. The van der Waals surface area contributed by atoms with E-state index in [0.717, 1.165) is 5.76 Å². The summed E-state index contributed by atoms with van der Waals surface area (Å²) in [5, 5.41) is 2.95. The van der Waals surface area contributed by atoms with E-state index in [9.17, 15) is 14.4 Å². The summed E-state index contributed by atoms with van der Waals surface area (Å²) in [4.78, 5) is 41.1. The molecule has 162 valence electrons. The van der Waals surface area contributed by atoms with Crippen molar-refractivity contribution in [3.8, 4) is 0 Å². The second-order valence-electron chi connectivity index (χ2n) is 8.79. The Hall–Kier alpha value is -2.31. The van der Waals surface area contributed by atoms with Gasteiger partial charge >= 0.3 is 0 Å². The maximum absolute atomic E-state index is 13.1. The quantitative estimate of drug-likeness (QED) is 0.736. The van der Waals surface area contributed by atoms with Gasteiger partial charge in [-0.1, -0.05) is 20.8 Å². The third-order valence-corrected chi connectivity index (χ3v) is 5.68. The van der Waals surface area contributed by atoms with E-state index in [4.69, 9.17) is 4.74 Å². The molecule has 1 N–H and O–H groups in total. The number of ether oxygens (including phenoxy) is 1. The highest BCUT2D eigenvalue weighted by Crippen LogP contribution is 2.42. The van der Waals surface area contributed by atoms with Crippen LogP contribution in [0.4, 0.5) is 0 Å². The first-order valence-electron chi connectivity index (χ1n) is 10.4. The van der Waals surface area contributed by atoms with E-state index in [1.165, 1.54) is 0 Å². The Bertz CT molecular complexity index is 751. The van der Waals surface area contributed by atoms with Crippen molar-refractivity contribution in [3.05, 3.63) is 23.1 Å². The zero-order chi connectivity index (χ0) is 22.1. The Morgan fingerprint density at radius 1 is 1.28 bits per heavy atom. The molecule has 0 aromatic heterocycles. The molecule has 0 aromatic rings. The second kappa shape index (κ2) is 8.59.